The Labute approximate surface area is 92.0 Å². The summed E-state index contributed by atoms with van der Waals surface area (Å²) < 4.78 is 0.833. The summed E-state index contributed by atoms with van der Waals surface area (Å²) >= 11 is -2.94. The van der Waals surface area contributed by atoms with Gasteiger partial charge in [0, 0.05) is 0 Å². The first-order valence-corrected chi connectivity index (χ1v) is 17.1. The van der Waals surface area contributed by atoms with Crippen molar-refractivity contribution >= 4 is 41.8 Å². The Morgan fingerprint density at radius 2 is 1.58 bits per heavy atom. The van der Waals surface area contributed by atoms with E-state index in [1.165, 1.54) is 6.42 Å². The zero-order chi connectivity index (χ0) is 10.2. The van der Waals surface area contributed by atoms with E-state index in [0.717, 1.165) is 10.9 Å². The molecule has 0 spiro atoms. The second-order valence-electron chi connectivity index (χ2n) is 3.07. The molecule has 0 atom stereocenters. The second-order valence-corrected chi connectivity index (χ2v) is 24.6. The predicted octanol–water partition coefficient (Wildman–Crippen LogP) is 4.92. The van der Waals surface area contributed by atoms with E-state index in [1.807, 2.05) is 0 Å². The topological polar surface area (TPSA) is 0 Å². The van der Waals surface area contributed by atoms with Crippen LogP contribution in [-0.2, 0) is 0 Å². The predicted molar refractivity (Wildman–Crippen MR) is 63.2 cm³/mol. The molecule has 0 N–H and O–H groups in total. The first-order valence-electron chi connectivity index (χ1n) is 4.19. The summed E-state index contributed by atoms with van der Waals surface area (Å²) in [6, 6.07) is 0. The molecule has 0 aromatic heterocycles. The van der Waals surface area contributed by atoms with Crippen molar-refractivity contribution in [1.82, 2.24) is 0 Å². The van der Waals surface area contributed by atoms with Crippen molar-refractivity contribution in [3.8, 4) is 0 Å². The van der Waals surface area contributed by atoms with Crippen molar-refractivity contribution in [3.63, 3.8) is 0 Å². The van der Waals surface area contributed by atoms with Gasteiger partial charge in [-0.25, -0.2) is 0 Å². The molecule has 0 saturated heterocycles. The van der Waals surface area contributed by atoms with E-state index < -0.39 is 15.0 Å². The van der Waals surface area contributed by atoms with E-state index in [4.69, 9.17) is 26.8 Å². The Hall–Kier alpha value is 1.67. The van der Waals surface area contributed by atoms with Crippen LogP contribution < -0.4 is 0 Å². The first-order chi connectivity index (χ1) is 5.33. The number of halogens is 3. The van der Waals surface area contributed by atoms with Crippen molar-refractivity contribution in [2.45, 2.75) is 38.0 Å². The summed E-state index contributed by atoms with van der Waals surface area (Å²) in [5.74, 6) is 0.540. The molecule has 0 heterocycles. The van der Waals surface area contributed by atoms with Crippen LogP contribution in [-0.4, -0.2) is 15.0 Å². The molecule has 0 rings (SSSR count). The average Bonchev–Trinajstić information content (AvgIpc) is 1.83. The van der Waals surface area contributed by atoms with Crippen LogP contribution in [0.15, 0.2) is 0 Å². The monoisotopic (exact) mass is 339 g/mol. The van der Waals surface area contributed by atoms with Gasteiger partial charge < -0.3 is 0 Å². The van der Waals surface area contributed by atoms with E-state index in [2.05, 4.69) is 27.7 Å². The van der Waals surface area contributed by atoms with Crippen LogP contribution in [0.5, 0.6) is 0 Å². The minimum Gasteiger partial charge on any atom is -0.0654 e. The molecule has 0 amide bonds. The molecule has 1 radical (unpaired) electrons. The van der Waals surface area contributed by atoms with Crippen molar-refractivity contribution in [3.05, 3.63) is 6.92 Å². The SMILES string of the molecule is CC(C)[CH2][Sn]([Cl])([Cl])[Cl].[CH2]CCC. The summed E-state index contributed by atoms with van der Waals surface area (Å²) in [5, 5.41) is 0. The third-order valence-corrected chi connectivity index (χ3v) is 7.75. The number of hydrogen-bond donors (Lipinski definition) is 0. The number of hydrogen-bond acceptors (Lipinski definition) is 0. The Bertz CT molecular complexity index is 86.8. The van der Waals surface area contributed by atoms with Gasteiger partial charge in [0.1, 0.15) is 0 Å². The van der Waals surface area contributed by atoms with Gasteiger partial charge in [0.25, 0.3) is 0 Å². The van der Waals surface area contributed by atoms with Crippen LogP contribution in [0.25, 0.3) is 0 Å². The molecule has 0 aliphatic heterocycles. The van der Waals surface area contributed by atoms with Crippen molar-refractivity contribution in [2.75, 3.05) is 0 Å². The molecule has 0 saturated carbocycles. The minimum absolute atomic E-state index is 0.540. The fourth-order valence-electron chi connectivity index (χ4n) is 0.463. The fraction of sp³-hybridized carbons (Fsp3) is 0.875. The van der Waals surface area contributed by atoms with Crippen LogP contribution in [0.4, 0.5) is 0 Å². The van der Waals surface area contributed by atoms with Crippen LogP contribution in [0, 0.1) is 12.8 Å². The van der Waals surface area contributed by atoms with Crippen LogP contribution in [0.3, 0.4) is 0 Å². The van der Waals surface area contributed by atoms with Gasteiger partial charge in [-0.05, 0) is 0 Å². The van der Waals surface area contributed by atoms with Crippen LogP contribution >= 0.6 is 26.8 Å². The zero-order valence-corrected chi connectivity index (χ0v) is 13.2. The Morgan fingerprint density at radius 1 is 1.25 bits per heavy atom. The average molecular weight is 339 g/mol. The molecule has 0 aliphatic rings. The maximum atomic E-state index is 5.67. The van der Waals surface area contributed by atoms with Gasteiger partial charge in [0.2, 0.25) is 0 Å². The molecule has 0 fully saturated rings. The van der Waals surface area contributed by atoms with E-state index >= 15 is 0 Å². The molecule has 12 heavy (non-hydrogen) atoms. The first kappa shape index (κ1) is 16.1. The standard InChI is InChI=1S/2C4H9.3ClH.Sn/c1-4(2)3;1-3-4-2;;;;/h4H,1H2,2-3H3;1,3-4H2,2H3;3*1H;/q;;;;;+3/p-3. The fourth-order valence-corrected chi connectivity index (χ4v) is 9.32. The number of unbranched alkanes of at least 4 members (excludes halogenated alkanes) is 1. The smallest absolute Gasteiger partial charge is 0.0533 e. The Balaban J connectivity index is 0. The van der Waals surface area contributed by atoms with Gasteiger partial charge in [0.05, 0.1) is 0 Å². The molecule has 0 aromatic carbocycles. The molecule has 0 bridgehead atoms. The molecule has 4 heteroatoms. The second kappa shape index (κ2) is 9.23. The third-order valence-electron chi connectivity index (χ3n) is 0.993. The molecule has 0 aliphatic carbocycles. The van der Waals surface area contributed by atoms with Gasteiger partial charge >= 0.3 is 66.0 Å². The van der Waals surface area contributed by atoms with Crippen molar-refractivity contribution < 1.29 is 0 Å². The summed E-state index contributed by atoms with van der Waals surface area (Å²) in [5.41, 5.74) is 0. The normalized spacial score (nSPS) is 11.0. The van der Waals surface area contributed by atoms with Crippen LogP contribution in [0.2, 0.25) is 4.44 Å². The maximum Gasteiger partial charge on any atom is -0.0533 e. The minimum atomic E-state index is -2.94. The molecular weight excluding hydrogens is 321 g/mol. The van der Waals surface area contributed by atoms with Gasteiger partial charge in [-0.15, -0.1) is 0 Å². The van der Waals surface area contributed by atoms with Gasteiger partial charge in [-0.2, -0.15) is 0 Å². The van der Waals surface area contributed by atoms with Crippen molar-refractivity contribution in [2.24, 2.45) is 5.92 Å². The molecule has 0 aromatic rings. The summed E-state index contributed by atoms with van der Waals surface area (Å²) in [6.07, 6.45) is 2.28. The van der Waals surface area contributed by atoms with E-state index in [1.54, 1.807) is 0 Å². The van der Waals surface area contributed by atoms with E-state index in [-0.39, 0.29) is 0 Å². The largest absolute Gasteiger partial charge is 0.0654 e. The van der Waals surface area contributed by atoms with Gasteiger partial charge in [0.15, 0.2) is 0 Å². The summed E-state index contributed by atoms with van der Waals surface area (Å²) in [6.45, 7) is 9.86. The van der Waals surface area contributed by atoms with E-state index in [9.17, 15) is 0 Å². The van der Waals surface area contributed by atoms with Gasteiger partial charge in [-0.3, -0.25) is 0 Å². The van der Waals surface area contributed by atoms with Gasteiger partial charge in [-0.1, -0.05) is 26.7 Å². The molecule has 0 unspecified atom stereocenters. The zero-order valence-electron chi connectivity index (χ0n) is 8.04. The maximum absolute atomic E-state index is 5.67. The van der Waals surface area contributed by atoms with E-state index in [0.29, 0.717) is 5.92 Å². The quantitative estimate of drug-likeness (QED) is 0.641. The molecule has 75 valence electrons. The molecular formula is C8H18Cl3Sn. The van der Waals surface area contributed by atoms with Crippen LogP contribution in [0.1, 0.15) is 33.6 Å². The summed E-state index contributed by atoms with van der Waals surface area (Å²) in [7, 11) is 17.0. The van der Waals surface area contributed by atoms with Crippen molar-refractivity contribution in [1.29, 1.82) is 0 Å². The third kappa shape index (κ3) is 22.6. The summed E-state index contributed by atoms with van der Waals surface area (Å²) in [4.78, 5) is 0. The Kier molecular flexibility index (Phi) is 12.4. The molecule has 0 nitrogen and oxygen atoms in total. The Morgan fingerprint density at radius 3 is 1.58 bits per heavy atom. The number of rotatable bonds is 3.